The first kappa shape index (κ1) is 20.5. The van der Waals surface area contributed by atoms with Crippen molar-refractivity contribution in [3.05, 3.63) is 114 Å². The zero-order valence-corrected chi connectivity index (χ0v) is 19.1. The molecule has 1 aliphatic rings. The van der Waals surface area contributed by atoms with Gasteiger partial charge in [0.05, 0.1) is 11.7 Å². The summed E-state index contributed by atoms with van der Waals surface area (Å²) in [6.07, 6.45) is 4.99. The van der Waals surface area contributed by atoms with Crippen molar-refractivity contribution in [2.75, 3.05) is 4.90 Å². The van der Waals surface area contributed by atoms with Crippen LogP contribution >= 0.6 is 12.2 Å². The van der Waals surface area contributed by atoms with Gasteiger partial charge in [0.15, 0.2) is 5.11 Å². The van der Waals surface area contributed by atoms with Crippen LogP contribution < -0.4 is 10.2 Å². The highest BCUT2D eigenvalue weighted by Crippen LogP contribution is 2.42. The lowest BCUT2D eigenvalue weighted by Gasteiger charge is -2.29. The van der Waals surface area contributed by atoms with Crippen molar-refractivity contribution >= 4 is 23.0 Å². The Morgan fingerprint density at radius 2 is 1.72 bits per heavy atom. The number of nitrogens with one attached hydrogen (secondary N) is 1. The first-order chi connectivity index (χ1) is 15.7. The lowest BCUT2D eigenvalue weighted by atomic mass is 10.00. The minimum Gasteiger partial charge on any atom is -0.351 e. The summed E-state index contributed by atoms with van der Waals surface area (Å²) >= 11 is 5.88. The molecule has 1 N–H and O–H groups in total. The van der Waals surface area contributed by atoms with E-state index in [-0.39, 0.29) is 12.1 Å². The fraction of sp³-hybridized carbons (Fsp3) is 0.185. The second-order valence-corrected chi connectivity index (χ2v) is 8.49. The molecule has 0 bridgehead atoms. The summed E-state index contributed by atoms with van der Waals surface area (Å²) in [5.74, 6) is 0. The Bertz CT molecular complexity index is 1230. The van der Waals surface area contributed by atoms with E-state index < -0.39 is 0 Å². The molecule has 2 aromatic heterocycles. The smallest absolute Gasteiger partial charge is 0.174 e. The Labute approximate surface area is 194 Å². The summed E-state index contributed by atoms with van der Waals surface area (Å²) in [4.78, 5) is 6.91. The summed E-state index contributed by atoms with van der Waals surface area (Å²) in [6, 6.07) is 27.4. The Balaban J connectivity index is 1.66. The summed E-state index contributed by atoms with van der Waals surface area (Å²) in [6.45, 7) is 4.32. The summed E-state index contributed by atoms with van der Waals surface area (Å²) in [5.41, 5.74) is 6.94. The molecule has 4 nitrogen and oxygen atoms in total. The number of anilines is 1. The van der Waals surface area contributed by atoms with Crippen LogP contribution in [0.15, 0.2) is 91.3 Å². The highest BCUT2D eigenvalue weighted by atomic mass is 32.1. The van der Waals surface area contributed by atoms with E-state index in [1.165, 1.54) is 22.5 Å². The molecule has 0 amide bonds. The highest BCUT2D eigenvalue weighted by molar-refractivity contribution is 7.80. The van der Waals surface area contributed by atoms with E-state index in [9.17, 15) is 0 Å². The van der Waals surface area contributed by atoms with Crippen molar-refractivity contribution in [1.82, 2.24) is 14.9 Å². The van der Waals surface area contributed by atoms with Gasteiger partial charge >= 0.3 is 0 Å². The third-order valence-corrected chi connectivity index (χ3v) is 6.49. The molecular formula is C27H26N4S. The summed E-state index contributed by atoms with van der Waals surface area (Å²) < 4.78 is 2.28. The molecule has 0 radical (unpaired) electrons. The molecule has 5 heteroatoms. The van der Waals surface area contributed by atoms with Crippen molar-refractivity contribution in [2.45, 2.75) is 32.4 Å². The van der Waals surface area contributed by atoms with Crippen LogP contribution in [0.4, 0.5) is 5.69 Å². The van der Waals surface area contributed by atoms with E-state index in [4.69, 9.17) is 12.2 Å². The molecule has 1 saturated heterocycles. The van der Waals surface area contributed by atoms with E-state index in [1.54, 1.807) is 0 Å². The molecule has 160 valence electrons. The third-order valence-electron chi connectivity index (χ3n) is 6.18. The number of para-hydroxylation sites is 1. The molecular weight excluding hydrogens is 412 g/mol. The molecule has 5 rings (SSSR count). The lowest BCUT2D eigenvalue weighted by Crippen LogP contribution is -2.30. The average molecular weight is 439 g/mol. The quantitative estimate of drug-likeness (QED) is 0.392. The number of nitrogens with zero attached hydrogens (tertiary/aromatic N) is 3. The molecule has 0 saturated carbocycles. The first-order valence-electron chi connectivity index (χ1n) is 11.0. The van der Waals surface area contributed by atoms with Crippen LogP contribution in [0.2, 0.25) is 0 Å². The molecule has 1 fully saturated rings. The lowest BCUT2D eigenvalue weighted by molar-refractivity contribution is 0.549. The van der Waals surface area contributed by atoms with Gasteiger partial charge in [-0.2, -0.15) is 0 Å². The molecule has 1 aliphatic heterocycles. The van der Waals surface area contributed by atoms with E-state index >= 15 is 0 Å². The SMILES string of the molecule is CCc1ccc(N2C(=S)N[C@@H](c3ccccn3)[C@@H]2c2cccn2-c2ccccc2C)cc1. The Hall–Kier alpha value is -3.44. The normalized spacial score (nSPS) is 18.1. The van der Waals surface area contributed by atoms with Gasteiger partial charge in [-0.1, -0.05) is 43.3 Å². The monoisotopic (exact) mass is 438 g/mol. The Morgan fingerprint density at radius 1 is 0.938 bits per heavy atom. The molecule has 32 heavy (non-hydrogen) atoms. The van der Waals surface area contributed by atoms with E-state index in [0.29, 0.717) is 5.11 Å². The van der Waals surface area contributed by atoms with Crippen LogP contribution in [0.25, 0.3) is 5.69 Å². The molecule has 2 aromatic carbocycles. The number of rotatable bonds is 5. The molecule has 4 aromatic rings. The van der Waals surface area contributed by atoms with E-state index in [1.807, 2.05) is 18.3 Å². The van der Waals surface area contributed by atoms with E-state index in [2.05, 4.69) is 107 Å². The predicted octanol–water partition coefficient (Wildman–Crippen LogP) is 5.92. The fourth-order valence-electron chi connectivity index (χ4n) is 4.51. The number of aryl methyl sites for hydroxylation is 2. The number of thiocarbonyl (C=S) groups is 1. The van der Waals surface area contributed by atoms with E-state index in [0.717, 1.165) is 17.8 Å². The van der Waals surface area contributed by atoms with Crippen LogP contribution in [-0.4, -0.2) is 14.7 Å². The molecule has 2 atom stereocenters. The topological polar surface area (TPSA) is 33.1 Å². The minimum atomic E-state index is -0.0628. The number of hydrogen-bond acceptors (Lipinski definition) is 2. The van der Waals surface area contributed by atoms with Crippen LogP contribution in [-0.2, 0) is 6.42 Å². The average Bonchev–Trinajstić information content (AvgIpc) is 3.44. The number of pyridine rings is 1. The number of benzene rings is 2. The van der Waals surface area contributed by atoms with Gasteiger partial charge < -0.3 is 14.8 Å². The van der Waals surface area contributed by atoms with Crippen molar-refractivity contribution in [1.29, 1.82) is 0 Å². The molecule has 3 heterocycles. The van der Waals surface area contributed by atoms with Gasteiger partial charge in [0.2, 0.25) is 0 Å². The zero-order chi connectivity index (χ0) is 22.1. The van der Waals surface area contributed by atoms with Gasteiger partial charge in [0, 0.05) is 29.5 Å². The third kappa shape index (κ3) is 3.59. The van der Waals surface area contributed by atoms with Crippen LogP contribution in [0.3, 0.4) is 0 Å². The molecule has 0 spiro atoms. The van der Waals surface area contributed by atoms with Gasteiger partial charge in [-0.25, -0.2) is 0 Å². The maximum absolute atomic E-state index is 5.88. The summed E-state index contributed by atoms with van der Waals surface area (Å²) in [5, 5.41) is 4.28. The molecule has 0 unspecified atom stereocenters. The van der Waals surface area contributed by atoms with Crippen molar-refractivity contribution < 1.29 is 0 Å². The fourth-order valence-corrected chi connectivity index (χ4v) is 4.86. The highest BCUT2D eigenvalue weighted by Gasteiger charge is 2.42. The maximum Gasteiger partial charge on any atom is 0.174 e. The van der Waals surface area contributed by atoms with Crippen molar-refractivity contribution in [3.63, 3.8) is 0 Å². The van der Waals surface area contributed by atoms with Gasteiger partial charge in [-0.3, -0.25) is 4.98 Å². The molecule has 0 aliphatic carbocycles. The van der Waals surface area contributed by atoms with Gasteiger partial charge in [-0.05, 0) is 79.2 Å². The largest absolute Gasteiger partial charge is 0.351 e. The maximum atomic E-state index is 5.88. The van der Waals surface area contributed by atoms with Crippen molar-refractivity contribution in [2.24, 2.45) is 0 Å². The van der Waals surface area contributed by atoms with Gasteiger partial charge in [0.25, 0.3) is 0 Å². The Morgan fingerprint density at radius 3 is 2.44 bits per heavy atom. The van der Waals surface area contributed by atoms with Crippen LogP contribution in [0.1, 0.15) is 41.5 Å². The predicted molar refractivity (Wildman–Crippen MR) is 134 cm³/mol. The minimum absolute atomic E-state index is 0.0421. The summed E-state index contributed by atoms with van der Waals surface area (Å²) in [7, 11) is 0. The number of hydrogen-bond donors (Lipinski definition) is 1. The second kappa shape index (κ2) is 8.60. The van der Waals surface area contributed by atoms with Crippen LogP contribution in [0.5, 0.6) is 0 Å². The second-order valence-electron chi connectivity index (χ2n) is 8.11. The number of aromatic nitrogens is 2. The standard InChI is InChI=1S/C27H26N4S/c1-3-20-13-15-21(16-14-20)31-26(25(29-27(31)32)22-10-6-7-17-28-22)24-12-8-18-30(24)23-11-5-4-9-19(23)2/h4-18,25-26H,3H2,1-2H3,(H,29,32)/t25-,26-/m0/s1. The zero-order valence-electron chi connectivity index (χ0n) is 18.3. The van der Waals surface area contributed by atoms with Crippen LogP contribution in [0, 0.1) is 6.92 Å². The first-order valence-corrected chi connectivity index (χ1v) is 11.4. The van der Waals surface area contributed by atoms with Gasteiger partial charge in [0.1, 0.15) is 6.04 Å². The van der Waals surface area contributed by atoms with Crippen molar-refractivity contribution in [3.8, 4) is 5.69 Å². The Kier molecular flexibility index (Phi) is 5.50. The van der Waals surface area contributed by atoms with Gasteiger partial charge in [-0.15, -0.1) is 0 Å².